The first kappa shape index (κ1) is 15.6. The lowest BCUT2D eigenvalue weighted by Gasteiger charge is -2.24. The highest BCUT2D eigenvalue weighted by molar-refractivity contribution is 5.68. The lowest BCUT2D eigenvalue weighted by molar-refractivity contribution is 0.0293. The second-order valence-electron chi connectivity index (χ2n) is 6.49. The number of carbonyl (C=O) groups excluding carboxylic acids is 1. The lowest BCUT2D eigenvalue weighted by Crippen LogP contribution is -2.36. The smallest absolute Gasteiger partial charge is 0.410 e. The molecule has 1 atom stereocenters. The van der Waals surface area contributed by atoms with Gasteiger partial charge in [-0.3, -0.25) is 0 Å². The van der Waals surface area contributed by atoms with E-state index in [0.29, 0.717) is 18.8 Å². The predicted molar refractivity (Wildman–Crippen MR) is 81.0 cm³/mol. The molecular formula is C16H23FN2O2. The number of para-hydroxylation sites is 1. The number of carbonyl (C=O) groups is 1. The number of rotatable bonds is 2. The summed E-state index contributed by atoms with van der Waals surface area (Å²) in [6, 6.07) is 5.05. The van der Waals surface area contributed by atoms with Crippen molar-refractivity contribution >= 4 is 11.8 Å². The molecule has 2 rings (SSSR count). The van der Waals surface area contributed by atoms with Crippen LogP contribution in [-0.4, -0.2) is 35.7 Å². The number of amides is 1. The Kier molecular flexibility index (Phi) is 4.40. The van der Waals surface area contributed by atoms with E-state index >= 15 is 0 Å². The van der Waals surface area contributed by atoms with Crippen LogP contribution in [0, 0.1) is 12.7 Å². The van der Waals surface area contributed by atoms with Crippen LogP contribution in [0.25, 0.3) is 0 Å². The maximum absolute atomic E-state index is 13.8. The third-order valence-corrected chi connectivity index (χ3v) is 3.41. The van der Waals surface area contributed by atoms with Crippen molar-refractivity contribution in [1.29, 1.82) is 0 Å². The zero-order chi connectivity index (χ0) is 15.6. The van der Waals surface area contributed by atoms with E-state index in [-0.39, 0.29) is 18.0 Å². The Morgan fingerprint density at radius 2 is 2.14 bits per heavy atom. The van der Waals surface area contributed by atoms with Gasteiger partial charge in [0.05, 0.1) is 5.69 Å². The van der Waals surface area contributed by atoms with Gasteiger partial charge in [0.1, 0.15) is 11.4 Å². The summed E-state index contributed by atoms with van der Waals surface area (Å²) in [7, 11) is 0. The second-order valence-corrected chi connectivity index (χ2v) is 6.49. The van der Waals surface area contributed by atoms with Crippen molar-refractivity contribution < 1.29 is 13.9 Å². The minimum Gasteiger partial charge on any atom is -0.444 e. The van der Waals surface area contributed by atoms with Gasteiger partial charge in [-0.2, -0.15) is 0 Å². The maximum atomic E-state index is 13.8. The van der Waals surface area contributed by atoms with Gasteiger partial charge in [-0.1, -0.05) is 12.1 Å². The molecule has 1 aromatic rings. The maximum Gasteiger partial charge on any atom is 0.410 e. The van der Waals surface area contributed by atoms with E-state index in [1.807, 2.05) is 33.8 Å². The molecule has 1 aromatic carbocycles. The Morgan fingerprint density at radius 1 is 1.43 bits per heavy atom. The highest BCUT2D eigenvalue weighted by Crippen LogP contribution is 2.23. The van der Waals surface area contributed by atoms with Gasteiger partial charge >= 0.3 is 6.09 Å². The van der Waals surface area contributed by atoms with Gasteiger partial charge in [-0.15, -0.1) is 0 Å². The van der Waals surface area contributed by atoms with Gasteiger partial charge in [0.2, 0.25) is 0 Å². The summed E-state index contributed by atoms with van der Waals surface area (Å²) in [6.45, 7) is 8.56. The van der Waals surface area contributed by atoms with Crippen LogP contribution in [0.5, 0.6) is 0 Å². The van der Waals surface area contributed by atoms with Crippen LogP contribution < -0.4 is 5.32 Å². The number of halogens is 1. The van der Waals surface area contributed by atoms with Gasteiger partial charge in [-0.25, -0.2) is 9.18 Å². The zero-order valence-electron chi connectivity index (χ0n) is 13.1. The lowest BCUT2D eigenvalue weighted by atomic mass is 10.1. The summed E-state index contributed by atoms with van der Waals surface area (Å²) in [6.07, 6.45) is 0.476. The SMILES string of the molecule is Cc1cccc(F)c1NC1CCN(C(=O)OC(C)(C)C)C1. The van der Waals surface area contributed by atoms with E-state index in [0.717, 1.165) is 12.0 Å². The highest BCUT2D eigenvalue weighted by Gasteiger charge is 2.30. The molecular weight excluding hydrogens is 271 g/mol. The highest BCUT2D eigenvalue weighted by atomic mass is 19.1. The number of nitrogens with one attached hydrogen (secondary N) is 1. The molecule has 0 aromatic heterocycles. The summed E-state index contributed by atoms with van der Waals surface area (Å²) in [5, 5.41) is 3.20. The van der Waals surface area contributed by atoms with Crippen LogP contribution in [0.2, 0.25) is 0 Å². The van der Waals surface area contributed by atoms with Crippen molar-refractivity contribution in [2.45, 2.75) is 45.8 Å². The first-order valence-electron chi connectivity index (χ1n) is 7.26. The van der Waals surface area contributed by atoms with Crippen LogP contribution >= 0.6 is 0 Å². The predicted octanol–water partition coefficient (Wildman–Crippen LogP) is 3.56. The first-order chi connectivity index (χ1) is 9.76. The molecule has 0 radical (unpaired) electrons. The van der Waals surface area contributed by atoms with Crippen LogP contribution in [0.3, 0.4) is 0 Å². The monoisotopic (exact) mass is 294 g/mol. The van der Waals surface area contributed by atoms with E-state index in [1.165, 1.54) is 6.07 Å². The standard InChI is InChI=1S/C16H23FN2O2/c1-11-6-5-7-13(17)14(11)18-12-8-9-19(10-12)15(20)21-16(2,3)4/h5-7,12,18H,8-10H2,1-4H3. The molecule has 1 heterocycles. The van der Waals surface area contributed by atoms with Crippen molar-refractivity contribution in [2.75, 3.05) is 18.4 Å². The summed E-state index contributed by atoms with van der Waals surface area (Å²) in [5.74, 6) is -0.259. The minimum atomic E-state index is -0.495. The van der Waals surface area contributed by atoms with Crippen molar-refractivity contribution in [1.82, 2.24) is 4.90 Å². The summed E-state index contributed by atoms with van der Waals surface area (Å²) in [5.41, 5.74) is 0.893. The molecule has 1 N–H and O–H groups in total. The molecule has 1 aliphatic heterocycles. The van der Waals surface area contributed by atoms with Gasteiger partial charge in [0, 0.05) is 19.1 Å². The molecule has 0 aliphatic carbocycles. The van der Waals surface area contributed by atoms with E-state index in [1.54, 1.807) is 11.0 Å². The van der Waals surface area contributed by atoms with E-state index < -0.39 is 5.60 Å². The fraction of sp³-hybridized carbons (Fsp3) is 0.562. The summed E-state index contributed by atoms with van der Waals surface area (Å²) < 4.78 is 19.2. The molecule has 1 saturated heterocycles. The molecule has 0 bridgehead atoms. The van der Waals surface area contributed by atoms with E-state index in [9.17, 15) is 9.18 Å². The summed E-state index contributed by atoms with van der Waals surface area (Å²) in [4.78, 5) is 13.7. The van der Waals surface area contributed by atoms with E-state index in [2.05, 4.69) is 5.32 Å². The number of aryl methyl sites for hydroxylation is 1. The Morgan fingerprint density at radius 3 is 2.76 bits per heavy atom. The van der Waals surface area contributed by atoms with Crippen molar-refractivity contribution in [2.24, 2.45) is 0 Å². The normalized spacial score (nSPS) is 18.7. The second kappa shape index (κ2) is 5.92. The number of benzene rings is 1. The number of ether oxygens (including phenoxy) is 1. The Hall–Kier alpha value is -1.78. The zero-order valence-corrected chi connectivity index (χ0v) is 13.1. The molecule has 1 unspecified atom stereocenters. The van der Waals surface area contributed by atoms with Gasteiger partial charge in [0.25, 0.3) is 0 Å². The summed E-state index contributed by atoms with van der Waals surface area (Å²) >= 11 is 0. The largest absolute Gasteiger partial charge is 0.444 e. The average Bonchev–Trinajstić information content (AvgIpc) is 2.80. The van der Waals surface area contributed by atoms with Crippen molar-refractivity contribution in [3.63, 3.8) is 0 Å². The number of nitrogens with zero attached hydrogens (tertiary/aromatic N) is 1. The Bertz CT molecular complexity index is 505. The van der Waals surface area contributed by atoms with Crippen LogP contribution in [0.15, 0.2) is 18.2 Å². The molecule has 1 fully saturated rings. The fourth-order valence-corrected chi connectivity index (χ4v) is 2.39. The Balaban J connectivity index is 1.95. The number of hydrogen-bond acceptors (Lipinski definition) is 3. The van der Waals surface area contributed by atoms with Gasteiger partial charge in [0.15, 0.2) is 0 Å². The average molecular weight is 294 g/mol. The van der Waals surface area contributed by atoms with Crippen LogP contribution in [0.4, 0.5) is 14.9 Å². The number of likely N-dealkylation sites (tertiary alicyclic amines) is 1. The van der Waals surface area contributed by atoms with Gasteiger partial charge < -0.3 is 15.0 Å². The molecule has 0 spiro atoms. The van der Waals surface area contributed by atoms with Gasteiger partial charge in [-0.05, 0) is 45.7 Å². The topological polar surface area (TPSA) is 41.6 Å². The fourth-order valence-electron chi connectivity index (χ4n) is 2.39. The number of anilines is 1. The Labute approximate surface area is 125 Å². The van der Waals surface area contributed by atoms with Crippen molar-refractivity contribution in [3.8, 4) is 0 Å². The van der Waals surface area contributed by atoms with Crippen molar-refractivity contribution in [3.05, 3.63) is 29.6 Å². The third-order valence-electron chi connectivity index (χ3n) is 3.41. The number of hydrogen-bond donors (Lipinski definition) is 1. The molecule has 1 aliphatic rings. The molecule has 21 heavy (non-hydrogen) atoms. The van der Waals surface area contributed by atoms with Crippen LogP contribution in [-0.2, 0) is 4.74 Å². The molecule has 5 heteroatoms. The quantitative estimate of drug-likeness (QED) is 0.907. The van der Waals surface area contributed by atoms with E-state index in [4.69, 9.17) is 4.74 Å². The molecule has 1 amide bonds. The van der Waals surface area contributed by atoms with Crippen LogP contribution in [0.1, 0.15) is 32.8 Å². The third kappa shape index (κ3) is 4.09. The first-order valence-corrected chi connectivity index (χ1v) is 7.26. The molecule has 116 valence electrons. The molecule has 4 nitrogen and oxygen atoms in total. The molecule has 0 saturated carbocycles. The minimum absolute atomic E-state index is 0.0492.